The van der Waals surface area contributed by atoms with Crippen LogP contribution >= 0.6 is 0 Å². The molecule has 16 heteroatoms. The molecule has 3 aliphatic heterocycles. The van der Waals surface area contributed by atoms with E-state index in [9.17, 15) is 32.9 Å². The van der Waals surface area contributed by atoms with Gasteiger partial charge in [0, 0.05) is 62.8 Å². The van der Waals surface area contributed by atoms with Crippen molar-refractivity contribution in [3.8, 4) is 5.75 Å². The SMILES string of the molecule is CC(=O)NC[C@H]1CN(c2ccc(N3CCN(c4c(F)cc5c6c4OCN(C)C6=CC(C(=O)O)C5=O)CC3)cc2)C(=O)O1.F[B]F. The van der Waals surface area contributed by atoms with Gasteiger partial charge >= 0.3 is 19.9 Å². The first-order chi connectivity index (χ1) is 21.5. The molecule has 0 saturated carbocycles. The molecular formula is C29H30BF3N5O7. The Balaban J connectivity index is 0.00000128. The zero-order chi connectivity index (χ0) is 32.4. The standard InChI is InChI=1S/C29H30FN5O7.BF2/c1-16(36)31-13-19-14-35(29(40)42-19)18-5-3-17(4-6-18)33-7-9-34(10-8-33)25-22(30)11-20-24-23(32(2)15-41-27(24)25)12-21(26(20)37)28(38)39;2-1-3/h3-6,11-12,19,21H,7-10,13-15H2,1-2H3,(H,31,36)(H,38,39);/t19-,21?;/m0./s1. The predicted molar refractivity (Wildman–Crippen MR) is 158 cm³/mol. The number of rotatable bonds is 6. The van der Waals surface area contributed by atoms with E-state index in [1.807, 2.05) is 29.2 Å². The van der Waals surface area contributed by atoms with Gasteiger partial charge in [0.25, 0.3) is 0 Å². The molecule has 1 unspecified atom stereocenters. The highest BCUT2D eigenvalue weighted by Crippen LogP contribution is 2.47. The van der Waals surface area contributed by atoms with Gasteiger partial charge in [-0.15, -0.1) is 0 Å². The van der Waals surface area contributed by atoms with Crippen molar-refractivity contribution < 1.29 is 46.8 Å². The predicted octanol–water partition coefficient (Wildman–Crippen LogP) is 2.59. The highest BCUT2D eigenvalue weighted by Gasteiger charge is 2.40. The summed E-state index contributed by atoms with van der Waals surface area (Å²) in [5.74, 6) is -3.86. The number of halogens is 3. The number of ether oxygens (including phenoxy) is 2. The number of carbonyl (C=O) groups is 4. The van der Waals surface area contributed by atoms with Gasteiger partial charge in [-0.25, -0.2) is 9.18 Å². The topological polar surface area (TPSA) is 132 Å². The fraction of sp³-hybridized carbons (Fsp3) is 0.379. The maximum Gasteiger partial charge on any atom is 0.577 e. The number of benzene rings is 2. The molecule has 6 rings (SSSR count). The second kappa shape index (κ2) is 13.0. The lowest BCUT2D eigenvalue weighted by Gasteiger charge is -2.41. The summed E-state index contributed by atoms with van der Waals surface area (Å²) < 4.78 is 45.9. The summed E-state index contributed by atoms with van der Waals surface area (Å²) in [6.45, 7) is 4.24. The van der Waals surface area contributed by atoms with Gasteiger partial charge in [0.1, 0.15) is 17.7 Å². The van der Waals surface area contributed by atoms with Crippen molar-refractivity contribution in [2.45, 2.75) is 13.0 Å². The van der Waals surface area contributed by atoms with Gasteiger partial charge in [-0.2, -0.15) is 0 Å². The van der Waals surface area contributed by atoms with Crippen LogP contribution in [0.5, 0.6) is 5.75 Å². The first-order valence-corrected chi connectivity index (χ1v) is 14.1. The molecule has 2 fully saturated rings. The minimum absolute atomic E-state index is 0.0183. The van der Waals surface area contributed by atoms with Crippen molar-refractivity contribution in [2.75, 3.05) is 67.7 Å². The minimum Gasteiger partial charge on any atom is -0.480 e. The first kappa shape index (κ1) is 31.5. The molecule has 45 heavy (non-hydrogen) atoms. The molecule has 2 N–H and O–H groups in total. The Hall–Kier alpha value is -4.89. The summed E-state index contributed by atoms with van der Waals surface area (Å²) in [5, 5.41) is 12.2. The van der Waals surface area contributed by atoms with Crippen molar-refractivity contribution in [1.82, 2.24) is 10.2 Å². The molecule has 0 spiro atoms. The summed E-state index contributed by atoms with van der Waals surface area (Å²) in [4.78, 5) is 55.4. The first-order valence-electron chi connectivity index (χ1n) is 14.1. The monoisotopic (exact) mass is 628 g/mol. The van der Waals surface area contributed by atoms with Crippen molar-refractivity contribution in [1.29, 1.82) is 0 Å². The van der Waals surface area contributed by atoms with Crippen LogP contribution in [0.25, 0.3) is 5.70 Å². The van der Waals surface area contributed by atoms with E-state index in [2.05, 4.69) is 10.2 Å². The van der Waals surface area contributed by atoms with E-state index >= 15 is 4.39 Å². The number of nitrogens with one attached hydrogen (secondary N) is 1. The maximum atomic E-state index is 15.6. The fourth-order valence-electron chi connectivity index (χ4n) is 5.84. The molecule has 12 nitrogen and oxygen atoms in total. The van der Waals surface area contributed by atoms with Gasteiger partial charge in [0.2, 0.25) is 5.91 Å². The number of amides is 2. The lowest BCUT2D eigenvalue weighted by molar-refractivity contribution is -0.138. The quantitative estimate of drug-likeness (QED) is 0.364. The number of aliphatic carboxylic acids is 1. The smallest absolute Gasteiger partial charge is 0.480 e. The minimum atomic E-state index is -1.37. The van der Waals surface area contributed by atoms with Crippen LogP contribution in [0.3, 0.4) is 0 Å². The number of carboxylic acid groups (broad SMARTS) is 1. The average molecular weight is 628 g/mol. The van der Waals surface area contributed by atoms with E-state index in [0.717, 1.165) is 11.8 Å². The molecular weight excluding hydrogens is 598 g/mol. The number of carbonyl (C=O) groups excluding carboxylic acids is 3. The summed E-state index contributed by atoms with van der Waals surface area (Å²) in [6, 6.07) is 8.66. The van der Waals surface area contributed by atoms with Crippen LogP contribution in [0.1, 0.15) is 22.8 Å². The largest absolute Gasteiger partial charge is 0.577 e. The summed E-state index contributed by atoms with van der Waals surface area (Å²) in [6.07, 6.45) is 0.526. The van der Waals surface area contributed by atoms with Gasteiger partial charge in [-0.1, -0.05) is 0 Å². The van der Waals surface area contributed by atoms with Gasteiger partial charge in [0.15, 0.2) is 24.1 Å². The van der Waals surface area contributed by atoms with Crippen LogP contribution < -0.4 is 24.8 Å². The molecule has 3 heterocycles. The third-order valence-corrected chi connectivity index (χ3v) is 7.99. The van der Waals surface area contributed by atoms with Gasteiger partial charge < -0.3 is 34.6 Å². The van der Waals surface area contributed by atoms with E-state index in [1.54, 1.807) is 11.9 Å². The van der Waals surface area contributed by atoms with Gasteiger partial charge in [0.05, 0.1) is 18.7 Å². The van der Waals surface area contributed by atoms with Crippen LogP contribution in [0.2, 0.25) is 0 Å². The molecule has 1 aliphatic carbocycles. The molecule has 2 aromatic carbocycles. The highest BCUT2D eigenvalue weighted by molar-refractivity contribution is 6.16. The molecule has 2 atom stereocenters. The molecule has 2 aromatic rings. The zero-order valence-electron chi connectivity index (χ0n) is 24.5. The number of carboxylic acids is 1. The number of hydrogen-bond acceptors (Lipinski definition) is 9. The van der Waals surface area contributed by atoms with E-state index in [1.165, 1.54) is 17.9 Å². The molecule has 237 valence electrons. The Morgan fingerprint density at radius 1 is 1.07 bits per heavy atom. The Kier molecular flexibility index (Phi) is 9.11. The second-order valence-electron chi connectivity index (χ2n) is 10.8. The number of Topliss-reactive ketones (excluding diaryl/α,β-unsaturated/α-hetero) is 1. The molecule has 1 radical (unpaired) electrons. The maximum absolute atomic E-state index is 15.6. The Morgan fingerprint density at radius 2 is 1.69 bits per heavy atom. The van der Waals surface area contributed by atoms with E-state index in [0.29, 0.717) is 49.7 Å². The van der Waals surface area contributed by atoms with Crippen LogP contribution in [-0.2, 0) is 14.3 Å². The summed E-state index contributed by atoms with van der Waals surface area (Å²) in [7, 11) is 0.733. The number of anilines is 3. The second-order valence-corrected chi connectivity index (χ2v) is 10.8. The van der Waals surface area contributed by atoms with Gasteiger partial charge in [-0.3, -0.25) is 27.9 Å². The van der Waals surface area contributed by atoms with E-state index in [-0.39, 0.29) is 36.2 Å². The van der Waals surface area contributed by atoms with Gasteiger partial charge in [-0.05, 0) is 36.4 Å². The number of cyclic esters (lactones) is 1. The Morgan fingerprint density at radius 3 is 2.31 bits per heavy atom. The van der Waals surface area contributed by atoms with Crippen molar-refractivity contribution in [2.24, 2.45) is 5.92 Å². The third kappa shape index (κ3) is 6.21. The van der Waals surface area contributed by atoms with E-state index in [4.69, 9.17) is 9.47 Å². The number of piperazine rings is 1. The summed E-state index contributed by atoms with van der Waals surface area (Å²) in [5.41, 5.74) is 2.90. The Labute approximate surface area is 257 Å². The average Bonchev–Trinajstić information content (AvgIpc) is 3.39. The molecule has 4 aliphatic rings. The zero-order valence-corrected chi connectivity index (χ0v) is 24.5. The molecule has 0 bridgehead atoms. The fourth-order valence-corrected chi connectivity index (χ4v) is 5.84. The molecule has 2 saturated heterocycles. The van der Waals surface area contributed by atoms with Crippen LogP contribution in [0.15, 0.2) is 36.4 Å². The van der Waals surface area contributed by atoms with Crippen molar-refractivity contribution in [3.63, 3.8) is 0 Å². The molecule has 0 aromatic heterocycles. The number of ketones is 1. The highest BCUT2D eigenvalue weighted by atomic mass is 19.2. The lowest BCUT2D eigenvalue weighted by Crippen LogP contribution is -2.47. The number of hydrogen-bond donors (Lipinski definition) is 2. The van der Waals surface area contributed by atoms with Crippen LogP contribution in [0, 0.1) is 11.7 Å². The number of nitrogens with zero attached hydrogens (tertiary/aromatic N) is 4. The van der Waals surface area contributed by atoms with Crippen LogP contribution in [0.4, 0.5) is 34.9 Å². The Bertz CT molecular complexity index is 1540. The van der Waals surface area contributed by atoms with Crippen molar-refractivity contribution in [3.05, 3.63) is 53.4 Å². The lowest BCUT2D eigenvalue weighted by atomic mass is 9.84. The van der Waals surface area contributed by atoms with E-state index < -0.39 is 43.5 Å². The third-order valence-electron chi connectivity index (χ3n) is 7.99. The van der Waals surface area contributed by atoms with Crippen LogP contribution in [-0.4, -0.2) is 101 Å². The van der Waals surface area contributed by atoms with Crippen molar-refractivity contribution >= 4 is 54.3 Å². The summed E-state index contributed by atoms with van der Waals surface area (Å²) >= 11 is 0. The normalized spacial score (nSPS) is 20.3. The molecule has 2 amide bonds.